The Morgan fingerprint density at radius 3 is 2.56 bits per heavy atom. The van der Waals surface area contributed by atoms with Crippen molar-refractivity contribution in [2.75, 3.05) is 26.4 Å². The summed E-state index contributed by atoms with van der Waals surface area (Å²) in [5, 5.41) is 39.6. The van der Waals surface area contributed by atoms with Gasteiger partial charge in [0, 0.05) is 18.7 Å². The van der Waals surface area contributed by atoms with E-state index in [1.165, 1.54) is 6.07 Å². The highest BCUT2D eigenvalue weighted by atomic mass is 16.5. The molecule has 0 saturated carbocycles. The lowest BCUT2D eigenvalue weighted by Crippen LogP contribution is -2.16. The van der Waals surface area contributed by atoms with Crippen LogP contribution in [0.5, 0.6) is 17.2 Å². The van der Waals surface area contributed by atoms with Crippen molar-refractivity contribution in [3.05, 3.63) is 17.7 Å². The van der Waals surface area contributed by atoms with Crippen LogP contribution in [0.1, 0.15) is 12.0 Å². The fourth-order valence-electron chi connectivity index (χ4n) is 1.44. The van der Waals surface area contributed by atoms with Gasteiger partial charge in [-0.25, -0.2) is 0 Å². The minimum atomic E-state index is -0.499. The second-order valence-electron chi connectivity index (χ2n) is 3.81. The molecule has 6 nitrogen and oxygen atoms in total. The SMILES string of the molecule is OCCOCCCNCc1ccc(O)c(O)c1O. The van der Waals surface area contributed by atoms with Gasteiger partial charge in [0.25, 0.3) is 0 Å². The van der Waals surface area contributed by atoms with Crippen LogP contribution in [0.2, 0.25) is 0 Å². The van der Waals surface area contributed by atoms with Gasteiger partial charge in [-0.3, -0.25) is 0 Å². The maximum Gasteiger partial charge on any atom is 0.200 e. The number of phenolic OH excluding ortho intramolecular Hbond substituents is 3. The Hall–Kier alpha value is -1.50. The molecule has 0 saturated heterocycles. The van der Waals surface area contributed by atoms with Crippen LogP contribution in [0.15, 0.2) is 12.1 Å². The van der Waals surface area contributed by atoms with E-state index in [4.69, 9.17) is 14.9 Å². The zero-order valence-electron chi connectivity index (χ0n) is 10.1. The van der Waals surface area contributed by atoms with Gasteiger partial charge in [0.1, 0.15) is 0 Å². The Morgan fingerprint density at radius 1 is 1.06 bits per heavy atom. The van der Waals surface area contributed by atoms with Crippen LogP contribution in [0, 0.1) is 0 Å². The molecule has 0 bridgehead atoms. The largest absolute Gasteiger partial charge is 0.504 e. The molecule has 0 fully saturated rings. The fraction of sp³-hybridized carbons (Fsp3) is 0.500. The molecule has 5 N–H and O–H groups in total. The highest BCUT2D eigenvalue weighted by molar-refractivity contribution is 5.52. The molecule has 1 aromatic carbocycles. The Labute approximate surface area is 105 Å². The zero-order chi connectivity index (χ0) is 13.4. The number of benzene rings is 1. The molecular formula is C12H19NO5. The van der Waals surface area contributed by atoms with Crippen molar-refractivity contribution in [1.29, 1.82) is 0 Å². The van der Waals surface area contributed by atoms with Gasteiger partial charge < -0.3 is 30.5 Å². The molecule has 0 heterocycles. The molecule has 0 aliphatic rings. The minimum Gasteiger partial charge on any atom is -0.504 e. The quantitative estimate of drug-likeness (QED) is 0.339. The van der Waals surface area contributed by atoms with Gasteiger partial charge in [0.05, 0.1) is 13.2 Å². The third-order valence-corrected chi connectivity index (χ3v) is 2.41. The fourth-order valence-corrected chi connectivity index (χ4v) is 1.44. The van der Waals surface area contributed by atoms with E-state index >= 15 is 0 Å². The molecule has 0 spiro atoms. The van der Waals surface area contributed by atoms with Gasteiger partial charge in [0.15, 0.2) is 11.5 Å². The van der Waals surface area contributed by atoms with Gasteiger partial charge in [-0.1, -0.05) is 6.07 Å². The van der Waals surface area contributed by atoms with Crippen molar-refractivity contribution < 1.29 is 25.2 Å². The van der Waals surface area contributed by atoms with Crippen LogP contribution in [0.4, 0.5) is 0 Å². The number of aliphatic hydroxyl groups excluding tert-OH is 1. The van der Waals surface area contributed by atoms with Crippen LogP contribution in [-0.4, -0.2) is 46.8 Å². The molecular weight excluding hydrogens is 238 g/mol. The summed E-state index contributed by atoms with van der Waals surface area (Å²) in [5.41, 5.74) is 0.515. The molecule has 0 aliphatic carbocycles. The lowest BCUT2D eigenvalue weighted by Gasteiger charge is -2.09. The van der Waals surface area contributed by atoms with E-state index in [1.54, 1.807) is 6.07 Å². The van der Waals surface area contributed by atoms with Crippen molar-refractivity contribution in [2.45, 2.75) is 13.0 Å². The third-order valence-electron chi connectivity index (χ3n) is 2.41. The number of phenols is 3. The topological polar surface area (TPSA) is 102 Å². The van der Waals surface area contributed by atoms with Crippen molar-refractivity contribution in [1.82, 2.24) is 5.32 Å². The Bertz CT molecular complexity index is 370. The third kappa shape index (κ3) is 4.40. The zero-order valence-corrected chi connectivity index (χ0v) is 10.1. The first-order valence-electron chi connectivity index (χ1n) is 5.79. The molecule has 102 valence electrons. The average Bonchev–Trinajstić information content (AvgIpc) is 2.37. The van der Waals surface area contributed by atoms with E-state index in [0.717, 1.165) is 6.42 Å². The van der Waals surface area contributed by atoms with Gasteiger partial charge in [-0.15, -0.1) is 0 Å². The molecule has 0 amide bonds. The predicted molar refractivity (Wildman–Crippen MR) is 65.7 cm³/mol. The van der Waals surface area contributed by atoms with Crippen molar-refractivity contribution in [3.63, 3.8) is 0 Å². The summed E-state index contributed by atoms with van der Waals surface area (Å²) in [4.78, 5) is 0. The monoisotopic (exact) mass is 257 g/mol. The van der Waals surface area contributed by atoms with Crippen LogP contribution >= 0.6 is 0 Å². The number of rotatable bonds is 8. The van der Waals surface area contributed by atoms with Crippen LogP contribution in [0.25, 0.3) is 0 Å². The average molecular weight is 257 g/mol. The summed E-state index contributed by atoms with van der Waals surface area (Å²) >= 11 is 0. The standard InChI is InChI=1S/C12H19NO5/c14-5-7-18-6-1-4-13-8-9-2-3-10(15)12(17)11(9)16/h2-3,13-17H,1,4-8H2. The minimum absolute atomic E-state index is 0.0219. The van der Waals surface area contributed by atoms with E-state index in [2.05, 4.69) is 5.32 Å². The second-order valence-corrected chi connectivity index (χ2v) is 3.81. The molecule has 0 unspecified atom stereocenters. The maximum atomic E-state index is 9.55. The van der Waals surface area contributed by atoms with E-state index in [9.17, 15) is 10.2 Å². The van der Waals surface area contributed by atoms with Crippen molar-refractivity contribution >= 4 is 0 Å². The highest BCUT2D eigenvalue weighted by Crippen LogP contribution is 2.36. The van der Waals surface area contributed by atoms with Gasteiger partial charge in [0.2, 0.25) is 5.75 Å². The van der Waals surface area contributed by atoms with E-state index in [0.29, 0.717) is 31.9 Å². The molecule has 0 atom stereocenters. The van der Waals surface area contributed by atoms with Gasteiger partial charge in [-0.05, 0) is 19.0 Å². The highest BCUT2D eigenvalue weighted by Gasteiger charge is 2.10. The molecule has 0 radical (unpaired) electrons. The van der Waals surface area contributed by atoms with Crippen molar-refractivity contribution in [2.24, 2.45) is 0 Å². The molecule has 0 aliphatic heterocycles. The number of ether oxygens (including phenoxy) is 1. The summed E-state index contributed by atoms with van der Waals surface area (Å²) in [7, 11) is 0. The molecule has 18 heavy (non-hydrogen) atoms. The van der Waals surface area contributed by atoms with Gasteiger partial charge >= 0.3 is 0 Å². The number of hydrogen-bond donors (Lipinski definition) is 5. The summed E-state index contributed by atoms with van der Waals surface area (Å²) in [6, 6.07) is 2.87. The Balaban J connectivity index is 2.25. The van der Waals surface area contributed by atoms with Crippen molar-refractivity contribution in [3.8, 4) is 17.2 Å². The normalized spacial score (nSPS) is 10.7. The lowest BCUT2D eigenvalue weighted by molar-refractivity contribution is 0.0907. The Morgan fingerprint density at radius 2 is 1.83 bits per heavy atom. The van der Waals surface area contributed by atoms with E-state index in [-0.39, 0.29) is 18.1 Å². The molecule has 1 rings (SSSR count). The summed E-state index contributed by atoms with van der Waals surface area (Å²) in [6.07, 6.45) is 0.783. The predicted octanol–water partition coefficient (Wildman–Crippen LogP) is 0.292. The molecule has 0 aromatic heterocycles. The van der Waals surface area contributed by atoms with Crippen LogP contribution in [-0.2, 0) is 11.3 Å². The smallest absolute Gasteiger partial charge is 0.200 e. The lowest BCUT2D eigenvalue weighted by atomic mass is 10.1. The molecule has 1 aromatic rings. The molecule has 6 heteroatoms. The number of aliphatic hydroxyl groups is 1. The number of hydrogen-bond acceptors (Lipinski definition) is 6. The first kappa shape index (κ1) is 14.6. The van der Waals surface area contributed by atoms with Gasteiger partial charge in [-0.2, -0.15) is 0 Å². The number of aromatic hydroxyl groups is 3. The van der Waals surface area contributed by atoms with Crippen LogP contribution in [0.3, 0.4) is 0 Å². The summed E-state index contributed by atoms with van der Waals surface area (Å²) in [5.74, 6) is -1.15. The first-order chi connectivity index (χ1) is 8.66. The first-order valence-corrected chi connectivity index (χ1v) is 5.79. The summed E-state index contributed by atoms with van der Waals surface area (Å²) < 4.78 is 5.08. The number of nitrogens with one attached hydrogen (secondary N) is 1. The summed E-state index contributed by atoms with van der Waals surface area (Å²) in [6.45, 7) is 1.99. The maximum absolute atomic E-state index is 9.55. The van der Waals surface area contributed by atoms with Crippen LogP contribution < -0.4 is 5.32 Å². The van der Waals surface area contributed by atoms with E-state index < -0.39 is 5.75 Å². The second kappa shape index (κ2) is 7.75. The Kier molecular flexibility index (Phi) is 6.27. The van der Waals surface area contributed by atoms with E-state index in [1.807, 2.05) is 0 Å².